The quantitative estimate of drug-likeness (QED) is 0.804. The molecule has 1 aromatic carbocycles. The third kappa shape index (κ3) is 2.07. The molecule has 0 radical (unpaired) electrons. The van der Waals surface area contributed by atoms with Gasteiger partial charge in [-0.15, -0.1) is 0 Å². The average molecular weight is 271 g/mol. The first-order valence-corrected chi connectivity index (χ1v) is 6.30. The number of nitrogens with zero attached hydrogens (tertiary/aromatic N) is 1. The van der Waals surface area contributed by atoms with Crippen molar-refractivity contribution in [3.63, 3.8) is 0 Å². The van der Waals surface area contributed by atoms with Gasteiger partial charge in [0.1, 0.15) is 11.5 Å². The summed E-state index contributed by atoms with van der Waals surface area (Å²) in [6.45, 7) is 1.99. The van der Waals surface area contributed by atoms with Crippen LogP contribution in [0.5, 0.6) is 5.75 Å². The van der Waals surface area contributed by atoms with Crippen LogP contribution in [0.3, 0.4) is 0 Å². The van der Waals surface area contributed by atoms with E-state index in [0.717, 1.165) is 0 Å². The van der Waals surface area contributed by atoms with Crippen LogP contribution >= 0.6 is 0 Å². The number of anilines is 1. The van der Waals surface area contributed by atoms with Gasteiger partial charge >= 0.3 is 0 Å². The van der Waals surface area contributed by atoms with Crippen molar-refractivity contribution in [2.24, 2.45) is 0 Å². The van der Waals surface area contributed by atoms with Crippen LogP contribution in [0.4, 0.5) is 5.69 Å². The molecule has 2 heterocycles. The standard InChI is InChI=1S/C15H13NO4/c1-10-15(18)16(8-11-6-7-12(9-17)20-11)13-4-2-3-5-14(13)19-10/h2-7,9-10H,8H2,1H3. The van der Waals surface area contributed by atoms with E-state index in [4.69, 9.17) is 9.15 Å². The Morgan fingerprint density at radius 1 is 1.25 bits per heavy atom. The highest BCUT2D eigenvalue weighted by molar-refractivity contribution is 5.99. The topological polar surface area (TPSA) is 59.8 Å². The summed E-state index contributed by atoms with van der Waals surface area (Å²) in [5.41, 5.74) is 0.708. The number of furan rings is 1. The third-order valence-electron chi connectivity index (χ3n) is 3.19. The minimum atomic E-state index is -0.537. The monoisotopic (exact) mass is 271 g/mol. The van der Waals surface area contributed by atoms with E-state index in [-0.39, 0.29) is 18.2 Å². The molecule has 2 aromatic rings. The van der Waals surface area contributed by atoms with E-state index in [0.29, 0.717) is 23.5 Å². The molecule has 0 saturated heterocycles. The fourth-order valence-corrected chi connectivity index (χ4v) is 2.22. The van der Waals surface area contributed by atoms with Gasteiger partial charge in [-0.05, 0) is 31.2 Å². The summed E-state index contributed by atoms with van der Waals surface area (Å²) in [7, 11) is 0. The number of para-hydroxylation sites is 2. The van der Waals surface area contributed by atoms with Crippen LogP contribution in [-0.2, 0) is 11.3 Å². The average Bonchev–Trinajstić information content (AvgIpc) is 2.91. The van der Waals surface area contributed by atoms with Crippen LogP contribution in [0, 0.1) is 0 Å². The number of amides is 1. The molecule has 1 aromatic heterocycles. The van der Waals surface area contributed by atoms with Crippen LogP contribution in [0.1, 0.15) is 23.2 Å². The number of hydrogen-bond donors (Lipinski definition) is 0. The molecular formula is C15H13NO4. The summed E-state index contributed by atoms with van der Waals surface area (Å²) in [6.07, 6.45) is 0.103. The molecule has 102 valence electrons. The maximum Gasteiger partial charge on any atom is 0.268 e. The summed E-state index contributed by atoms with van der Waals surface area (Å²) in [4.78, 5) is 24.5. The van der Waals surface area contributed by atoms with Gasteiger partial charge < -0.3 is 9.15 Å². The zero-order valence-electron chi connectivity index (χ0n) is 10.9. The summed E-state index contributed by atoms with van der Waals surface area (Å²) in [5.74, 6) is 1.35. The van der Waals surface area contributed by atoms with Crippen molar-refractivity contribution < 1.29 is 18.7 Å². The van der Waals surface area contributed by atoms with Crippen molar-refractivity contribution in [3.05, 3.63) is 47.9 Å². The van der Waals surface area contributed by atoms with Gasteiger partial charge in [-0.2, -0.15) is 0 Å². The van der Waals surface area contributed by atoms with E-state index in [2.05, 4.69) is 0 Å². The fourth-order valence-electron chi connectivity index (χ4n) is 2.22. The van der Waals surface area contributed by atoms with E-state index >= 15 is 0 Å². The van der Waals surface area contributed by atoms with Gasteiger partial charge in [-0.1, -0.05) is 12.1 Å². The molecule has 0 fully saturated rings. The number of aldehydes is 1. The first kappa shape index (κ1) is 12.5. The molecule has 20 heavy (non-hydrogen) atoms. The highest BCUT2D eigenvalue weighted by Crippen LogP contribution is 2.34. The van der Waals surface area contributed by atoms with Gasteiger partial charge in [-0.25, -0.2) is 0 Å². The van der Waals surface area contributed by atoms with Crippen LogP contribution in [-0.4, -0.2) is 18.3 Å². The van der Waals surface area contributed by atoms with E-state index in [1.807, 2.05) is 24.3 Å². The summed E-state index contributed by atoms with van der Waals surface area (Å²) in [5, 5.41) is 0. The first-order valence-electron chi connectivity index (χ1n) is 6.30. The summed E-state index contributed by atoms with van der Waals surface area (Å²) >= 11 is 0. The Balaban J connectivity index is 1.94. The number of rotatable bonds is 3. The number of fused-ring (bicyclic) bond motifs is 1. The Morgan fingerprint density at radius 2 is 2.05 bits per heavy atom. The Labute approximate surface area is 115 Å². The zero-order valence-corrected chi connectivity index (χ0v) is 10.9. The lowest BCUT2D eigenvalue weighted by atomic mass is 10.2. The smallest absolute Gasteiger partial charge is 0.268 e. The van der Waals surface area contributed by atoms with E-state index in [1.54, 1.807) is 24.0 Å². The Hall–Kier alpha value is -2.56. The van der Waals surface area contributed by atoms with Crippen molar-refractivity contribution in [2.75, 3.05) is 4.90 Å². The minimum absolute atomic E-state index is 0.132. The van der Waals surface area contributed by atoms with Crippen LogP contribution in [0.25, 0.3) is 0 Å². The van der Waals surface area contributed by atoms with Crippen molar-refractivity contribution in [1.82, 2.24) is 0 Å². The number of benzene rings is 1. The second kappa shape index (κ2) is 4.85. The number of ether oxygens (including phenoxy) is 1. The van der Waals surface area contributed by atoms with Crippen LogP contribution in [0.15, 0.2) is 40.8 Å². The fraction of sp³-hybridized carbons (Fsp3) is 0.200. The lowest BCUT2D eigenvalue weighted by Crippen LogP contribution is -2.43. The highest BCUT2D eigenvalue weighted by Gasteiger charge is 2.31. The molecule has 0 aliphatic carbocycles. The molecule has 1 aliphatic heterocycles. The molecular weight excluding hydrogens is 258 g/mol. The number of hydrogen-bond acceptors (Lipinski definition) is 4. The Morgan fingerprint density at radius 3 is 2.80 bits per heavy atom. The van der Waals surface area contributed by atoms with E-state index in [9.17, 15) is 9.59 Å². The third-order valence-corrected chi connectivity index (χ3v) is 3.19. The normalized spacial score (nSPS) is 17.6. The maximum atomic E-state index is 12.3. The molecule has 0 N–H and O–H groups in total. The lowest BCUT2D eigenvalue weighted by molar-refractivity contribution is -0.125. The zero-order chi connectivity index (χ0) is 14.1. The second-order valence-electron chi connectivity index (χ2n) is 4.57. The van der Waals surface area contributed by atoms with Gasteiger partial charge in [0.2, 0.25) is 0 Å². The molecule has 5 nitrogen and oxygen atoms in total. The molecule has 5 heteroatoms. The van der Waals surface area contributed by atoms with Crippen molar-refractivity contribution >= 4 is 17.9 Å². The van der Waals surface area contributed by atoms with E-state index in [1.165, 1.54) is 0 Å². The molecule has 0 saturated carbocycles. The number of carbonyl (C=O) groups is 2. The lowest BCUT2D eigenvalue weighted by Gasteiger charge is -2.32. The van der Waals surface area contributed by atoms with Crippen molar-refractivity contribution in [3.8, 4) is 5.75 Å². The Kier molecular flexibility index (Phi) is 3.02. The molecule has 1 atom stereocenters. The van der Waals surface area contributed by atoms with Crippen molar-refractivity contribution in [2.45, 2.75) is 19.6 Å². The minimum Gasteiger partial charge on any atom is -0.479 e. The summed E-state index contributed by atoms with van der Waals surface area (Å²) < 4.78 is 10.9. The van der Waals surface area contributed by atoms with Gasteiger partial charge in [0.25, 0.3) is 5.91 Å². The predicted molar refractivity (Wildman–Crippen MR) is 71.8 cm³/mol. The molecule has 0 bridgehead atoms. The van der Waals surface area contributed by atoms with Gasteiger partial charge in [0, 0.05) is 0 Å². The molecule has 1 unspecified atom stereocenters. The Bertz CT molecular complexity index is 661. The van der Waals surface area contributed by atoms with Gasteiger partial charge in [0.05, 0.1) is 12.2 Å². The summed E-state index contributed by atoms with van der Waals surface area (Å²) in [6, 6.07) is 10.6. The SMILES string of the molecule is CC1Oc2ccccc2N(Cc2ccc(C=O)o2)C1=O. The predicted octanol–water partition coefficient (Wildman–Crippen LogP) is 2.41. The molecule has 3 rings (SSSR count). The first-order chi connectivity index (χ1) is 9.69. The molecule has 0 spiro atoms. The van der Waals surface area contributed by atoms with Gasteiger partial charge in [0.15, 0.2) is 18.2 Å². The number of carbonyl (C=O) groups excluding carboxylic acids is 2. The molecule has 1 aliphatic rings. The van der Waals surface area contributed by atoms with Crippen molar-refractivity contribution in [1.29, 1.82) is 0 Å². The second-order valence-corrected chi connectivity index (χ2v) is 4.57. The van der Waals surface area contributed by atoms with Gasteiger partial charge in [-0.3, -0.25) is 14.5 Å². The largest absolute Gasteiger partial charge is 0.479 e. The highest BCUT2D eigenvalue weighted by atomic mass is 16.5. The van der Waals surface area contributed by atoms with Crippen LogP contribution < -0.4 is 9.64 Å². The molecule has 1 amide bonds. The van der Waals surface area contributed by atoms with E-state index < -0.39 is 6.10 Å². The van der Waals surface area contributed by atoms with Crippen LogP contribution in [0.2, 0.25) is 0 Å². The maximum absolute atomic E-state index is 12.3.